The topological polar surface area (TPSA) is 94.3 Å². The Labute approximate surface area is 210 Å². The van der Waals surface area contributed by atoms with Gasteiger partial charge in [-0.1, -0.05) is 30.3 Å². The molecule has 36 heavy (non-hydrogen) atoms. The van der Waals surface area contributed by atoms with Crippen molar-refractivity contribution in [2.24, 2.45) is 0 Å². The summed E-state index contributed by atoms with van der Waals surface area (Å²) >= 11 is 0. The Bertz CT molecular complexity index is 1190. The second kappa shape index (κ2) is 10.9. The molecule has 1 saturated heterocycles. The van der Waals surface area contributed by atoms with Crippen molar-refractivity contribution in [3.63, 3.8) is 0 Å². The van der Waals surface area contributed by atoms with Gasteiger partial charge in [0, 0.05) is 39.0 Å². The van der Waals surface area contributed by atoms with Gasteiger partial charge in [-0.25, -0.2) is 14.6 Å². The number of hydrogen-bond acceptors (Lipinski definition) is 7. The minimum absolute atomic E-state index is 0.198. The molecule has 0 unspecified atom stereocenters. The van der Waals surface area contributed by atoms with Crippen LogP contribution in [0.25, 0.3) is 11.1 Å². The third-order valence-electron chi connectivity index (χ3n) is 5.76. The second-order valence-electron chi connectivity index (χ2n) is 9.81. The Morgan fingerprint density at radius 2 is 1.86 bits per heavy atom. The molecule has 1 fully saturated rings. The lowest BCUT2D eigenvalue weighted by atomic mass is 10.1. The van der Waals surface area contributed by atoms with Crippen LogP contribution in [-0.4, -0.2) is 64.9 Å². The minimum atomic E-state index is -0.616. The smallest absolute Gasteiger partial charge is 0.410 e. The lowest BCUT2D eigenvalue weighted by Crippen LogP contribution is -2.57. The maximum atomic E-state index is 12.9. The van der Waals surface area contributed by atoms with Gasteiger partial charge >= 0.3 is 12.2 Å². The average Bonchev–Trinajstić information content (AvgIpc) is 3.21. The number of amides is 2. The molecular formula is C27H33N3O6. The Balaban J connectivity index is 1.38. The van der Waals surface area contributed by atoms with E-state index in [-0.39, 0.29) is 12.6 Å². The fourth-order valence-electron chi connectivity index (χ4n) is 4.06. The highest BCUT2D eigenvalue weighted by Gasteiger charge is 2.35. The fraction of sp³-hybridized carbons (Fsp3) is 0.444. The van der Waals surface area contributed by atoms with Crippen LogP contribution in [-0.2, 0) is 16.1 Å². The van der Waals surface area contributed by atoms with Crippen molar-refractivity contribution in [3.8, 4) is 5.75 Å². The van der Waals surface area contributed by atoms with E-state index in [0.29, 0.717) is 49.9 Å². The van der Waals surface area contributed by atoms with E-state index in [1.807, 2.05) is 69.3 Å². The van der Waals surface area contributed by atoms with E-state index in [2.05, 4.69) is 4.98 Å². The Hall–Kier alpha value is -3.75. The summed E-state index contributed by atoms with van der Waals surface area (Å²) < 4.78 is 22.6. The molecule has 0 aliphatic carbocycles. The van der Waals surface area contributed by atoms with Crippen LogP contribution in [0, 0.1) is 6.92 Å². The third-order valence-corrected chi connectivity index (χ3v) is 5.76. The molecule has 1 aromatic heterocycles. The first-order chi connectivity index (χ1) is 17.2. The first-order valence-electron chi connectivity index (χ1n) is 12.1. The first-order valence-corrected chi connectivity index (χ1v) is 12.1. The zero-order valence-electron chi connectivity index (χ0n) is 21.2. The number of ether oxygens (including phenoxy) is 3. The molecular weight excluding hydrogens is 462 g/mol. The quantitative estimate of drug-likeness (QED) is 0.466. The third kappa shape index (κ3) is 6.68. The molecule has 3 aromatic rings. The van der Waals surface area contributed by atoms with Crippen LogP contribution in [0.15, 0.2) is 52.9 Å². The lowest BCUT2D eigenvalue weighted by Gasteiger charge is -2.41. The maximum Gasteiger partial charge on any atom is 0.410 e. The van der Waals surface area contributed by atoms with Crippen molar-refractivity contribution in [2.45, 2.75) is 52.4 Å². The highest BCUT2D eigenvalue weighted by atomic mass is 16.6. The molecule has 4 rings (SSSR count). The number of aromatic nitrogens is 1. The highest BCUT2D eigenvalue weighted by molar-refractivity contribution is 5.74. The number of piperazine rings is 1. The molecule has 9 heteroatoms. The summed E-state index contributed by atoms with van der Waals surface area (Å²) in [6.45, 7) is 8.90. The number of oxazole rings is 1. The number of nitrogens with zero attached hydrogens (tertiary/aromatic N) is 3. The average molecular weight is 496 g/mol. The Kier molecular flexibility index (Phi) is 7.67. The van der Waals surface area contributed by atoms with E-state index in [4.69, 9.17) is 18.6 Å². The van der Waals surface area contributed by atoms with E-state index >= 15 is 0 Å². The molecule has 9 nitrogen and oxygen atoms in total. The molecule has 1 atom stereocenters. The van der Waals surface area contributed by atoms with Crippen molar-refractivity contribution in [1.29, 1.82) is 0 Å². The van der Waals surface area contributed by atoms with Crippen LogP contribution in [0.4, 0.5) is 9.59 Å². The van der Waals surface area contributed by atoms with E-state index < -0.39 is 17.8 Å². The predicted molar refractivity (Wildman–Crippen MR) is 134 cm³/mol. The number of aryl methyl sites for hydroxylation is 1. The summed E-state index contributed by atoms with van der Waals surface area (Å²) in [7, 11) is 0. The number of hydrogen-bond donors (Lipinski definition) is 0. The highest BCUT2D eigenvalue weighted by Crippen LogP contribution is 2.23. The zero-order valence-corrected chi connectivity index (χ0v) is 21.2. The minimum Gasteiger partial charge on any atom is -0.493 e. The monoisotopic (exact) mass is 495 g/mol. The number of fused-ring (bicyclic) bond motifs is 1. The van der Waals surface area contributed by atoms with Gasteiger partial charge in [0.25, 0.3) is 0 Å². The molecule has 0 spiro atoms. The lowest BCUT2D eigenvalue weighted by molar-refractivity contribution is -0.00614. The fourth-order valence-corrected chi connectivity index (χ4v) is 4.06. The van der Waals surface area contributed by atoms with Crippen LogP contribution < -0.4 is 4.74 Å². The molecule has 0 radical (unpaired) electrons. The van der Waals surface area contributed by atoms with Crippen molar-refractivity contribution in [2.75, 3.05) is 26.2 Å². The largest absolute Gasteiger partial charge is 0.493 e. The van der Waals surface area contributed by atoms with Crippen LogP contribution >= 0.6 is 0 Å². The van der Waals surface area contributed by atoms with Gasteiger partial charge in [0.15, 0.2) is 11.5 Å². The van der Waals surface area contributed by atoms with Crippen molar-refractivity contribution < 1.29 is 28.2 Å². The van der Waals surface area contributed by atoms with Gasteiger partial charge in [-0.2, -0.15) is 0 Å². The van der Waals surface area contributed by atoms with Crippen LogP contribution in [0.5, 0.6) is 5.75 Å². The molecule has 0 saturated carbocycles. The molecule has 2 amide bonds. The summed E-state index contributed by atoms with van der Waals surface area (Å²) in [6.07, 6.45) is -0.290. The SMILES string of the molecule is Cc1nc2cc(OCC[C@@H]3CN(C(=O)OCc4ccccc4)CCN3C(=O)OC(C)(C)C)ccc2o1. The van der Waals surface area contributed by atoms with Crippen LogP contribution in [0.2, 0.25) is 0 Å². The van der Waals surface area contributed by atoms with Gasteiger partial charge in [0.2, 0.25) is 0 Å². The maximum absolute atomic E-state index is 12.9. The van der Waals surface area contributed by atoms with Crippen molar-refractivity contribution in [1.82, 2.24) is 14.8 Å². The summed E-state index contributed by atoms with van der Waals surface area (Å²) in [6, 6.07) is 14.7. The van der Waals surface area contributed by atoms with E-state index in [9.17, 15) is 9.59 Å². The van der Waals surface area contributed by atoms with E-state index in [0.717, 1.165) is 11.1 Å². The molecule has 0 bridgehead atoms. The predicted octanol–water partition coefficient (Wildman–Crippen LogP) is 5.16. The van der Waals surface area contributed by atoms with Crippen molar-refractivity contribution >= 4 is 23.3 Å². The summed E-state index contributed by atoms with van der Waals surface area (Å²) in [4.78, 5) is 33.3. The van der Waals surface area contributed by atoms with E-state index in [1.165, 1.54) is 0 Å². The standard InChI is InChI=1S/C27H33N3O6/c1-19-28-23-16-22(10-11-24(23)35-19)33-15-12-21-17-29(13-14-30(21)26(32)36-27(2,3)4)25(31)34-18-20-8-6-5-7-9-20/h5-11,16,21H,12-15,17-18H2,1-4H3/t21-/m1/s1. The molecule has 2 heterocycles. The van der Waals surface area contributed by atoms with Crippen LogP contribution in [0.3, 0.4) is 0 Å². The Morgan fingerprint density at radius 3 is 2.61 bits per heavy atom. The number of rotatable bonds is 6. The Morgan fingerprint density at radius 1 is 1.08 bits per heavy atom. The van der Waals surface area contributed by atoms with Gasteiger partial charge in [-0.05, 0) is 38.5 Å². The van der Waals surface area contributed by atoms with Crippen LogP contribution in [0.1, 0.15) is 38.6 Å². The van der Waals surface area contributed by atoms with Gasteiger partial charge < -0.3 is 28.4 Å². The molecule has 192 valence electrons. The summed E-state index contributed by atoms with van der Waals surface area (Å²) in [5, 5.41) is 0. The molecule has 2 aromatic carbocycles. The zero-order chi connectivity index (χ0) is 25.7. The van der Waals surface area contributed by atoms with Gasteiger partial charge in [-0.3, -0.25) is 0 Å². The number of carbonyl (C=O) groups excluding carboxylic acids is 2. The number of carbonyl (C=O) groups is 2. The first kappa shape index (κ1) is 25.3. The summed E-state index contributed by atoms with van der Waals surface area (Å²) in [5.74, 6) is 1.26. The van der Waals surface area contributed by atoms with E-state index in [1.54, 1.807) is 16.7 Å². The van der Waals surface area contributed by atoms with Gasteiger partial charge in [-0.15, -0.1) is 0 Å². The molecule has 0 N–H and O–H groups in total. The molecule has 1 aliphatic heterocycles. The van der Waals surface area contributed by atoms with Gasteiger partial charge in [0.1, 0.15) is 23.5 Å². The molecule has 1 aliphatic rings. The second-order valence-corrected chi connectivity index (χ2v) is 9.81. The normalized spacial score (nSPS) is 16.2. The number of benzene rings is 2. The van der Waals surface area contributed by atoms with Gasteiger partial charge in [0.05, 0.1) is 12.6 Å². The van der Waals surface area contributed by atoms with Crippen molar-refractivity contribution in [3.05, 3.63) is 60.0 Å². The summed E-state index contributed by atoms with van der Waals surface area (Å²) in [5.41, 5.74) is 1.73.